The molecule has 1 amide bonds. The molecule has 0 aliphatic carbocycles. The normalized spacial score (nSPS) is 11.3. The maximum Gasteiger partial charge on any atom is 0.317 e. The minimum Gasteiger partial charge on any atom is -0.452 e. The number of carbonyl (C=O) groups is 2. The van der Waals surface area contributed by atoms with Crippen molar-refractivity contribution in [3.8, 4) is 6.07 Å². The fourth-order valence-corrected chi connectivity index (χ4v) is 2.68. The molecule has 0 radical (unpaired) electrons. The Morgan fingerprint density at radius 2 is 2.00 bits per heavy atom. The molecule has 1 atom stereocenters. The van der Waals surface area contributed by atoms with Crippen LogP contribution in [0, 0.1) is 23.0 Å². The number of rotatable bonds is 6. The highest BCUT2D eigenvalue weighted by Crippen LogP contribution is 2.23. The number of hydrogen-bond acceptors (Lipinski definition) is 5. The summed E-state index contributed by atoms with van der Waals surface area (Å²) in [7, 11) is 0. The van der Waals surface area contributed by atoms with Crippen LogP contribution in [0.15, 0.2) is 47.4 Å². The topological polar surface area (TPSA) is 79.2 Å². The van der Waals surface area contributed by atoms with Gasteiger partial charge in [-0.3, -0.25) is 9.59 Å². The van der Waals surface area contributed by atoms with Gasteiger partial charge in [-0.25, -0.2) is 8.78 Å². The average molecular weight is 376 g/mol. The molecule has 8 heteroatoms. The number of anilines is 1. The van der Waals surface area contributed by atoms with E-state index in [0.29, 0.717) is 5.69 Å². The summed E-state index contributed by atoms with van der Waals surface area (Å²) in [5, 5.41) is 11.5. The summed E-state index contributed by atoms with van der Waals surface area (Å²) in [4.78, 5) is 23.9. The minimum atomic E-state index is -1.12. The minimum absolute atomic E-state index is 0.0259. The van der Waals surface area contributed by atoms with E-state index in [-0.39, 0.29) is 16.2 Å². The smallest absolute Gasteiger partial charge is 0.317 e. The van der Waals surface area contributed by atoms with Crippen molar-refractivity contribution in [3.05, 3.63) is 59.7 Å². The van der Waals surface area contributed by atoms with Crippen molar-refractivity contribution in [1.29, 1.82) is 5.26 Å². The Bertz CT molecular complexity index is 868. The molecule has 2 aromatic rings. The zero-order valence-corrected chi connectivity index (χ0v) is 14.5. The summed E-state index contributed by atoms with van der Waals surface area (Å²) < 4.78 is 31.6. The third-order valence-electron chi connectivity index (χ3n) is 3.22. The Kier molecular flexibility index (Phi) is 6.69. The van der Waals surface area contributed by atoms with Gasteiger partial charge in [0.25, 0.3) is 5.91 Å². The van der Waals surface area contributed by atoms with Crippen LogP contribution in [0.1, 0.15) is 12.5 Å². The lowest BCUT2D eigenvalue weighted by Gasteiger charge is -2.14. The highest BCUT2D eigenvalue weighted by atomic mass is 32.2. The molecule has 0 heterocycles. The molecule has 0 aromatic heterocycles. The first-order chi connectivity index (χ1) is 12.4. The van der Waals surface area contributed by atoms with Crippen molar-refractivity contribution in [2.24, 2.45) is 0 Å². The summed E-state index contributed by atoms with van der Waals surface area (Å²) in [6.07, 6.45) is -1.12. The van der Waals surface area contributed by atoms with Crippen LogP contribution in [0.4, 0.5) is 14.5 Å². The van der Waals surface area contributed by atoms with E-state index >= 15 is 0 Å². The number of para-hydroxylation sites is 1. The summed E-state index contributed by atoms with van der Waals surface area (Å²) >= 11 is 0.769. The quantitative estimate of drug-likeness (QED) is 0.617. The van der Waals surface area contributed by atoms with Gasteiger partial charge in [0.05, 0.1) is 17.0 Å². The van der Waals surface area contributed by atoms with Gasteiger partial charge in [-0.15, -0.1) is 11.8 Å². The van der Waals surface area contributed by atoms with E-state index < -0.39 is 29.6 Å². The van der Waals surface area contributed by atoms with Crippen LogP contribution < -0.4 is 5.32 Å². The molecule has 1 N–H and O–H groups in total. The van der Waals surface area contributed by atoms with Crippen molar-refractivity contribution in [2.75, 3.05) is 11.1 Å². The van der Waals surface area contributed by atoms with Crippen molar-refractivity contribution in [1.82, 2.24) is 0 Å². The Hall–Kier alpha value is -2.92. The number of nitriles is 1. The summed E-state index contributed by atoms with van der Waals surface area (Å²) in [5.41, 5.74) is 0.579. The molecule has 26 heavy (non-hydrogen) atoms. The Balaban J connectivity index is 1.89. The number of nitrogens with zero attached hydrogens (tertiary/aromatic N) is 1. The number of halogens is 2. The average Bonchev–Trinajstić information content (AvgIpc) is 2.62. The van der Waals surface area contributed by atoms with Crippen LogP contribution >= 0.6 is 11.8 Å². The zero-order chi connectivity index (χ0) is 19.1. The van der Waals surface area contributed by atoms with E-state index in [4.69, 9.17) is 10.00 Å². The van der Waals surface area contributed by atoms with E-state index in [1.807, 2.05) is 6.07 Å². The maximum absolute atomic E-state index is 13.5. The predicted molar refractivity (Wildman–Crippen MR) is 92.4 cm³/mol. The van der Waals surface area contributed by atoms with Gasteiger partial charge in [-0.05, 0) is 37.3 Å². The fourth-order valence-electron chi connectivity index (χ4n) is 1.93. The van der Waals surface area contributed by atoms with Gasteiger partial charge < -0.3 is 10.1 Å². The number of nitrogens with one attached hydrogen (secondary N) is 1. The third-order valence-corrected chi connectivity index (χ3v) is 4.23. The van der Waals surface area contributed by atoms with Crippen LogP contribution in [0.5, 0.6) is 0 Å². The molecule has 5 nitrogen and oxygen atoms in total. The highest BCUT2D eigenvalue weighted by Gasteiger charge is 2.19. The van der Waals surface area contributed by atoms with Crippen molar-refractivity contribution in [2.45, 2.75) is 17.9 Å². The lowest BCUT2D eigenvalue weighted by Crippen LogP contribution is -2.30. The van der Waals surface area contributed by atoms with Crippen molar-refractivity contribution < 1.29 is 23.1 Å². The molecule has 0 aliphatic rings. The van der Waals surface area contributed by atoms with Gasteiger partial charge in [0, 0.05) is 4.90 Å². The molecule has 0 saturated carbocycles. The second kappa shape index (κ2) is 8.97. The van der Waals surface area contributed by atoms with Gasteiger partial charge in [-0.2, -0.15) is 5.26 Å². The van der Waals surface area contributed by atoms with Crippen LogP contribution in [0.25, 0.3) is 0 Å². The second-order valence-electron chi connectivity index (χ2n) is 5.14. The SMILES string of the molecule is C[C@H](OC(=O)CSc1cc(F)ccc1F)C(=O)Nc1ccccc1C#N. The van der Waals surface area contributed by atoms with Gasteiger partial charge in [0.15, 0.2) is 6.10 Å². The highest BCUT2D eigenvalue weighted by molar-refractivity contribution is 8.00. The van der Waals surface area contributed by atoms with Crippen LogP contribution in [0.3, 0.4) is 0 Å². The molecule has 2 rings (SSSR count). The molecule has 0 bridgehead atoms. The number of benzene rings is 2. The van der Waals surface area contributed by atoms with E-state index in [0.717, 1.165) is 30.0 Å². The van der Waals surface area contributed by atoms with Crippen LogP contribution in [-0.2, 0) is 14.3 Å². The molecule has 0 unspecified atom stereocenters. The van der Waals surface area contributed by atoms with E-state index in [1.54, 1.807) is 18.2 Å². The molecule has 0 spiro atoms. The lowest BCUT2D eigenvalue weighted by molar-refractivity contribution is -0.150. The number of ether oxygens (including phenoxy) is 1. The molecular formula is C18H14F2N2O3S. The standard InChI is InChI=1S/C18H14F2N2O3S/c1-11(18(24)22-15-5-3-2-4-12(15)9-21)25-17(23)10-26-16-8-13(19)6-7-14(16)20/h2-8,11H,10H2,1H3,(H,22,24)/t11-/m0/s1. The lowest BCUT2D eigenvalue weighted by atomic mass is 10.2. The zero-order valence-electron chi connectivity index (χ0n) is 13.7. The van der Waals surface area contributed by atoms with E-state index in [2.05, 4.69) is 5.32 Å². The fraction of sp³-hybridized carbons (Fsp3) is 0.167. The largest absolute Gasteiger partial charge is 0.452 e. The predicted octanol–water partition coefficient (Wildman–Crippen LogP) is 3.50. The number of hydrogen-bond donors (Lipinski definition) is 1. The number of thioether (sulfide) groups is 1. The first kappa shape index (κ1) is 19.4. The summed E-state index contributed by atoms with van der Waals surface area (Å²) in [6, 6.07) is 11.2. The molecule has 0 fully saturated rings. The van der Waals surface area contributed by atoms with Crippen molar-refractivity contribution in [3.63, 3.8) is 0 Å². The first-order valence-corrected chi connectivity index (χ1v) is 8.46. The number of carbonyl (C=O) groups excluding carboxylic acids is 2. The maximum atomic E-state index is 13.5. The van der Waals surface area contributed by atoms with Gasteiger partial charge >= 0.3 is 5.97 Å². The molecule has 0 saturated heterocycles. The summed E-state index contributed by atoms with van der Waals surface area (Å²) in [5.74, 6) is -2.92. The van der Waals surface area contributed by atoms with Crippen LogP contribution in [0.2, 0.25) is 0 Å². The van der Waals surface area contributed by atoms with E-state index in [1.165, 1.54) is 13.0 Å². The second-order valence-corrected chi connectivity index (χ2v) is 6.16. The van der Waals surface area contributed by atoms with Gasteiger partial charge in [-0.1, -0.05) is 12.1 Å². The molecule has 134 valence electrons. The van der Waals surface area contributed by atoms with Gasteiger partial charge in [0.2, 0.25) is 0 Å². The van der Waals surface area contributed by atoms with Gasteiger partial charge in [0.1, 0.15) is 17.7 Å². The first-order valence-electron chi connectivity index (χ1n) is 7.48. The van der Waals surface area contributed by atoms with Crippen molar-refractivity contribution >= 4 is 29.3 Å². The molecule has 0 aliphatic heterocycles. The third kappa shape index (κ3) is 5.29. The Labute approximate surface area is 153 Å². The van der Waals surface area contributed by atoms with Crippen LogP contribution in [-0.4, -0.2) is 23.7 Å². The number of esters is 1. The Morgan fingerprint density at radius 3 is 2.73 bits per heavy atom. The Morgan fingerprint density at radius 1 is 1.27 bits per heavy atom. The van der Waals surface area contributed by atoms with E-state index in [9.17, 15) is 18.4 Å². The molecular weight excluding hydrogens is 362 g/mol. The number of amides is 1. The monoisotopic (exact) mass is 376 g/mol. The molecule has 2 aromatic carbocycles. The summed E-state index contributed by atoms with van der Waals surface area (Å²) in [6.45, 7) is 1.37.